The van der Waals surface area contributed by atoms with Crippen LogP contribution in [0.5, 0.6) is 0 Å². The molecule has 17 heavy (non-hydrogen) atoms. The van der Waals surface area contributed by atoms with E-state index >= 15 is 0 Å². The number of anilines is 1. The van der Waals surface area contributed by atoms with Gasteiger partial charge in [0.15, 0.2) is 5.82 Å². The average Bonchev–Trinajstić information content (AvgIpc) is 2.25. The minimum atomic E-state index is 0.487. The van der Waals surface area contributed by atoms with Crippen molar-refractivity contribution in [2.45, 2.75) is 40.7 Å². The largest absolute Gasteiger partial charge is 0.374 e. The Hall–Kier alpha value is -1.16. The minimum Gasteiger partial charge on any atom is -0.374 e. The van der Waals surface area contributed by atoms with Crippen molar-refractivity contribution in [3.63, 3.8) is 0 Å². The van der Waals surface area contributed by atoms with Gasteiger partial charge in [0.05, 0.1) is 0 Å². The van der Waals surface area contributed by atoms with Crippen LogP contribution >= 0.6 is 0 Å². The highest BCUT2D eigenvalue weighted by atomic mass is 16.5. The molecule has 0 bridgehead atoms. The van der Waals surface area contributed by atoms with Gasteiger partial charge in [-0.2, -0.15) is 0 Å². The van der Waals surface area contributed by atoms with E-state index in [1.165, 1.54) is 0 Å². The van der Waals surface area contributed by atoms with Gasteiger partial charge in [-0.25, -0.2) is 9.97 Å². The number of hydrogen-bond donors (Lipinski definition) is 1. The van der Waals surface area contributed by atoms with Crippen molar-refractivity contribution in [1.82, 2.24) is 9.97 Å². The number of rotatable bonds is 7. The summed E-state index contributed by atoms with van der Waals surface area (Å²) in [6, 6.07) is 2.03. The normalized spacial score (nSPS) is 10.9. The van der Waals surface area contributed by atoms with E-state index < -0.39 is 0 Å². The standard InChI is InChI=1S/C13H23N3O/c1-5-14-12-8-11(7-10(3)4)15-13(16-12)9-17-6-2/h8,10H,5-7,9H2,1-4H3,(H,14,15,16). The third-order valence-corrected chi connectivity index (χ3v) is 2.24. The van der Waals surface area contributed by atoms with Gasteiger partial charge in [-0.05, 0) is 26.2 Å². The van der Waals surface area contributed by atoms with Gasteiger partial charge in [0.25, 0.3) is 0 Å². The molecule has 0 saturated carbocycles. The van der Waals surface area contributed by atoms with Gasteiger partial charge in [-0.15, -0.1) is 0 Å². The molecule has 0 aliphatic carbocycles. The fourth-order valence-corrected chi connectivity index (χ4v) is 1.60. The Labute approximate surface area is 104 Å². The highest BCUT2D eigenvalue weighted by Gasteiger charge is 2.06. The molecule has 4 heteroatoms. The summed E-state index contributed by atoms with van der Waals surface area (Å²) in [5.74, 6) is 2.26. The van der Waals surface area contributed by atoms with E-state index in [2.05, 4.69) is 36.1 Å². The van der Waals surface area contributed by atoms with Crippen molar-refractivity contribution >= 4 is 5.82 Å². The lowest BCUT2D eigenvalue weighted by molar-refractivity contribution is 0.128. The van der Waals surface area contributed by atoms with E-state index in [9.17, 15) is 0 Å². The Balaban J connectivity index is 2.84. The van der Waals surface area contributed by atoms with Crippen molar-refractivity contribution in [3.8, 4) is 0 Å². The molecule has 1 aromatic heterocycles. The smallest absolute Gasteiger partial charge is 0.156 e. The molecule has 0 aliphatic rings. The van der Waals surface area contributed by atoms with Crippen LogP contribution in [0.3, 0.4) is 0 Å². The topological polar surface area (TPSA) is 47.0 Å². The molecule has 0 fully saturated rings. The van der Waals surface area contributed by atoms with Crippen molar-refractivity contribution in [1.29, 1.82) is 0 Å². The second-order valence-corrected chi connectivity index (χ2v) is 4.43. The van der Waals surface area contributed by atoms with E-state index in [0.29, 0.717) is 19.1 Å². The Morgan fingerprint density at radius 3 is 2.65 bits per heavy atom. The van der Waals surface area contributed by atoms with Crippen LogP contribution in [0.4, 0.5) is 5.82 Å². The summed E-state index contributed by atoms with van der Waals surface area (Å²) >= 11 is 0. The molecule has 1 aromatic rings. The number of ether oxygens (including phenoxy) is 1. The molecule has 1 rings (SSSR count). The van der Waals surface area contributed by atoms with Gasteiger partial charge in [0, 0.05) is 24.9 Å². The first-order valence-corrected chi connectivity index (χ1v) is 6.34. The molecule has 0 saturated heterocycles. The van der Waals surface area contributed by atoms with Crippen LogP contribution < -0.4 is 5.32 Å². The van der Waals surface area contributed by atoms with E-state index in [1.807, 2.05) is 13.0 Å². The fourth-order valence-electron chi connectivity index (χ4n) is 1.60. The minimum absolute atomic E-state index is 0.487. The Morgan fingerprint density at radius 2 is 2.06 bits per heavy atom. The van der Waals surface area contributed by atoms with E-state index in [4.69, 9.17) is 4.74 Å². The Morgan fingerprint density at radius 1 is 1.29 bits per heavy atom. The van der Waals surface area contributed by atoms with E-state index in [1.54, 1.807) is 0 Å². The maximum absolute atomic E-state index is 5.36. The van der Waals surface area contributed by atoms with Gasteiger partial charge in [-0.3, -0.25) is 0 Å². The average molecular weight is 237 g/mol. The molecular weight excluding hydrogens is 214 g/mol. The van der Waals surface area contributed by atoms with Gasteiger partial charge in [-0.1, -0.05) is 13.8 Å². The summed E-state index contributed by atoms with van der Waals surface area (Å²) < 4.78 is 5.36. The lowest BCUT2D eigenvalue weighted by Gasteiger charge is -2.10. The summed E-state index contributed by atoms with van der Waals surface area (Å²) in [4.78, 5) is 8.94. The van der Waals surface area contributed by atoms with Crippen molar-refractivity contribution in [2.24, 2.45) is 5.92 Å². The van der Waals surface area contributed by atoms with Crippen LogP contribution in [-0.4, -0.2) is 23.1 Å². The maximum Gasteiger partial charge on any atom is 0.156 e. The van der Waals surface area contributed by atoms with Crippen LogP contribution in [-0.2, 0) is 17.8 Å². The van der Waals surface area contributed by atoms with Gasteiger partial charge < -0.3 is 10.1 Å². The third kappa shape index (κ3) is 5.13. The second kappa shape index (κ2) is 7.22. The number of nitrogens with one attached hydrogen (secondary N) is 1. The maximum atomic E-state index is 5.36. The van der Waals surface area contributed by atoms with Gasteiger partial charge >= 0.3 is 0 Å². The zero-order valence-electron chi connectivity index (χ0n) is 11.3. The summed E-state index contributed by atoms with van der Waals surface area (Å²) in [5, 5.41) is 3.23. The number of aromatic nitrogens is 2. The molecule has 0 aromatic carbocycles. The highest BCUT2D eigenvalue weighted by Crippen LogP contribution is 2.11. The third-order valence-electron chi connectivity index (χ3n) is 2.24. The zero-order chi connectivity index (χ0) is 12.7. The number of hydrogen-bond acceptors (Lipinski definition) is 4. The van der Waals surface area contributed by atoms with Crippen molar-refractivity contribution in [2.75, 3.05) is 18.5 Å². The molecule has 1 N–H and O–H groups in total. The van der Waals surface area contributed by atoms with E-state index in [0.717, 1.165) is 30.3 Å². The van der Waals surface area contributed by atoms with Crippen LogP contribution in [0.1, 0.15) is 39.2 Å². The monoisotopic (exact) mass is 237 g/mol. The Kier molecular flexibility index (Phi) is 5.91. The van der Waals surface area contributed by atoms with Crippen LogP contribution in [0.2, 0.25) is 0 Å². The molecule has 0 unspecified atom stereocenters. The second-order valence-electron chi connectivity index (χ2n) is 4.43. The number of nitrogens with zero attached hydrogens (tertiary/aromatic N) is 2. The molecule has 0 radical (unpaired) electrons. The molecule has 0 amide bonds. The lowest BCUT2D eigenvalue weighted by Crippen LogP contribution is -2.08. The SMILES string of the molecule is CCNc1cc(CC(C)C)nc(COCC)n1. The zero-order valence-corrected chi connectivity index (χ0v) is 11.3. The van der Waals surface area contributed by atoms with E-state index in [-0.39, 0.29) is 0 Å². The van der Waals surface area contributed by atoms with Crippen LogP contribution in [0.25, 0.3) is 0 Å². The van der Waals surface area contributed by atoms with Crippen LogP contribution in [0, 0.1) is 5.92 Å². The summed E-state index contributed by atoms with van der Waals surface area (Å²) in [7, 11) is 0. The quantitative estimate of drug-likeness (QED) is 0.792. The van der Waals surface area contributed by atoms with Gasteiger partial charge in [0.2, 0.25) is 0 Å². The summed E-state index contributed by atoms with van der Waals surface area (Å²) in [5.41, 5.74) is 1.08. The van der Waals surface area contributed by atoms with Crippen molar-refractivity contribution < 1.29 is 4.74 Å². The first-order valence-electron chi connectivity index (χ1n) is 6.34. The molecule has 96 valence electrons. The molecule has 0 atom stereocenters. The molecule has 4 nitrogen and oxygen atoms in total. The first-order chi connectivity index (χ1) is 8.15. The van der Waals surface area contributed by atoms with Gasteiger partial charge in [0.1, 0.15) is 12.4 Å². The van der Waals surface area contributed by atoms with Crippen LogP contribution in [0.15, 0.2) is 6.07 Å². The summed E-state index contributed by atoms with van der Waals surface area (Å²) in [6.45, 7) is 10.5. The Bertz CT molecular complexity index is 339. The predicted octanol–water partition coefficient (Wildman–Crippen LogP) is 2.64. The highest BCUT2D eigenvalue weighted by molar-refractivity contribution is 5.36. The first kappa shape index (κ1) is 13.9. The molecular formula is C13H23N3O. The van der Waals surface area contributed by atoms with Crippen molar-refractivity contribution in [3.05, 3.63) is 17.6 Å². The lowest BCUT2D eigenvalue weighted by atomic mass is 10.1. The molecule has 1 heterocycles. The molecule has 0 spiro atoms. The molecule has 0 aliphatic heterocycles. The summed E-state index contributed by atoms with van der Waals surface area (Å²) in [6.07, 6.45) is 0.972. The fraction of sp³-hybridized carbons (Fsp3) is 0.692. The predicted molar refractivity (Wildman–Crippen MR) is 70.1 cm³/mol.